The van der Waals surface area contributed by atoms with E-state index in [0.29, 0.717) is 12.3 Å². The quantitative estimate of drug-likeness (QED) is 0.887. The molecule has 4 heteroatoms. The minimum Gasteiger partial charge on any atom is -0.380 e. The van der Waals surface area contributed by atoms with Crippen LogP contribution in [0.5, 0.6) is 0 Å². The van der Waals surface area contributed by atoms with Crippen LogP contribution in [-0.4, -0.2) is 13.0 Å². The van der Waals surface area contributed by atoms with Crippen LogP contribution in [0.25, 0.3) is 0 Å². The van der Waals surface area contributed by atoms with E-state index in [-0.39, 0.29) is 5.91 Å². The molecule has 0 fully saturated rings. The fourth-order valence-electron chi connectivity index (χ4n) is 2.08. The van der Waals surface area contributed by atoms with Crippen molar-refractivity contribution in [3.63, 3.8) is 0 Å². The SMILES string of the molecule is COCc1cccc(NC(=O)C(C)(N)c2ccccc2)c1. The minimum absolute atomic E-state index is 0.247. The molecule has 0 heterocycles. The zero-order chi connectivity index (χ0) is 15.3. The molecule has 21 heavy (non-hydrogen) atoms. The third kappa shape index (κ3) is 3.68. The molecular weight excluding hydrogens is 264 g/mol. The van der Waals surface area contributed by atoms with Crippen LogP contribution in [0.2, 0.25) is 0 Å². The zero-order valence-corrected chi connectivity index (χ0v) is 12.3. The summed E-state index contributed by atoms with van der Waals surface area (Å²) in [5, 5.41) is 2.86. The van der Waals surface area contributed by atoms with E-state index in [1.807, 2.05) is 54.6 Å². The number of ether oxygens (including phenoxy) is 1. The number of carbonyl (C=O) groups is 1. The van der Waals surface area contributed by atoms with E-state index in [0.717, 1.165) is 11.1 Å². The highest BCUT2D eigenvalue weighted by Crippen LogP contribution is 2.20. The normalized spacial score (nSPS) is 13.5. The summed E-state index contributed by atoms with van der Waals surface area (Å²) >= 11 is 0. The van der Waals surface area contributed by atoms with Crippen molar-refractivity contribution in [3.8, 4) is 0 Å². The van der Waals surface area contributed by atoms with Gasteiger partial charge in [-0.05, 0) is 30.2 Å². The monoisotopic (exact) mass is 284 g/mol. The van der Waals surface area contributed by atoms with Crippen molar-refractivity contribution in [1.29, 1.82) is 0 Å². The van der Waals surface area contributed by atoms with Gasteiger partial charge < -0.3 is 15.8 Å². The van der Waals surface area contributed by atoms with Gasteiger partial charge in [0.15, 0.2) is 0 Å². The van der Waals surface area contributed by atoms with Crippen molar-refractivity contribution in [2.75, 3.05) is 12.4 Å². The highest BCUT2D eigenvalue weighted by molar-refractivity contribution is 5.98. The van der Waals surface area contributed by atoms with Gasteiger partial charge >= 0.3 is 0 Å². The summed E-state index contributed by atoms with van der Waals surface area (Å²) in [6.07, 6.45) is 0. The Kier molecular flexibility index (Phi) is 4.73. The Morgan fingerprint density at radius 1 is 1.19 bits per heavy atom. The van der Waals surface area contributed by atoms with Gasteiger partial charge in [-0.15, -0.1) is 0 Å². The van der Waals surface area contributed by atoms with Crippen molar-refractivity contribution in [2.24, 2.45) is 5.73 Å². The molecule has 110 valence electrons. The van der Waals surface area contributed by atoms with Crippen molar-refractivity contribution >= 4 is 11.6 Å². The van der Waals surface area contributed by atoms with Gasteiger partial charge in [0.25, 0.3) is 0 Å². The van der Waals surface area contributed by atoms with E-state index in [2.05, 4.69) is 5.32 Å². The van der Waals surface area contributed by atoms with Gasteiger partial charge in [0.05, 0.1) is 6.61 Å². The van der Waals surface area contributed by atoms with Crippen LogP contribution in [0.4, 0.5) is 5.69 Å². The van der Waals surface area contributed by atoms with Gasteiger partial charge in [0, 0.05) is 12.8 Å². The summed E-state index contributed by atoms with van der Waals surface area (Å²) in [5.41, 5.74) is 7.58. The number of anilines is 1. The number of hydrogen-bond acceptors (Lipinski definition) is 3. The summed E-state index contributed by atoms with van der Waals surface area (Å²) in [4.78, 5) is 12.4. The summed E-state index contributed by atoms with van der Waals surface area (Å²) in [7, 11) is 1.64. The fraction of sp³-hybridized carbons (Fsp3) is 0.235. The molecule has 0 aromatic heterocycles. The number of rotatable bonds is 5. The van der Waals surface area contributed by atoms with E-state index in [9.17, 15) is 4.79 Å². The Balaban J connectivity index is 2.15. The first-order chi connectivity index (χ1) is 10.0. The molecular formula is C17H20N2O2. The second-order valence-corrected chi connectivity index (χ2v) is 5.16. The maximum absolute atomic E-state index is 12.4. The number of nitrogens with one attached hydrogen (secondary N) is 1. The Bertz CT molecular complexity index is 609. The predicted molar refractivity (Wildman–Crippen MR) is 83.8 cm³/mol. The lowest BCUT2D eigenvalue weighted by Crippen LogP contribution is -2.45. The molecule has 4 nitrogen and oxygen atoms in total. The molecule has 3 N–H and O–H groups in total. The topological polar surface area (TPSA) is 64.3 Å². The highest BCUT2D eigenvalue weighted by atomic mass is 16.5. The molecule has 0 aliphatic heterocycles. The third-order valence-electron chi connectivity index (χ3n) is 3.34. The second kappa shape index (κ2) is 6.52. The zero-order valence-electron chi connectivity index (χ0n) is 12.3. The Morgan fingerprint density at radius 3 is 2.57 bits per heavy atom. The lowest BCUT2D eigenvalue weighted by atomic mass is 9.92. The van der Waals surface area contributed by atoms with Gasteiger partial charge in [-0.1, -0.05) is 42.5 Å². The van der Waals surface area contributed by atoms with E-state index < -0.39 is 5.54 Å². The molecule has 2 aromatic rings. The van der Waals surface area contributed by atoms with Crippen LogP contribution < -0.4 is 11.1 Å². The Labute approximate surface area is 124 Å². The van der Waals surface area contributed by atoms with E-state index in [1.165, 1.54) is 0 Å². The maximum Gasteiger partial charge on any atom is 0.248 e. The molecule has 0 radical (unpaired) electrons. The van der Waals surface area contributed by atoms with Crippen LogP contribution in [0.1, 0.15) is 18.1 Å². The highest BCUT2D eigenvalue weighted by Gasteiger charge is 2.30. The molecule has 0 aliphatic rings. The maximum atomic E-state index is 12.4. The van der Waals surface area contributed by atoms with Crippen LogP contribution in [0.3, 0.4) is 0 Å². The average molecular weight is 284 g/mol. The second-order valence-electron chi connectivity index (χ2n) is 5.16. The van der Waals surface area contributed by atoms with Crippen LogP contribution in [0, 0.1) is 0 Å². The summed E-state index contributed by atoms with van der Waals surface area (Å²) in [6.45, 7) is 2.21. The van der Waals surface area contributed by atoms with E-state index in [4.69, 9.17) is 10.5 Å². The first-order valence-corrected chi connectivity index (χ1v) is 6.78. The standard InChI is InChI=1S/C17H20N2O2/c1-17(18,14-8-4-3-5-9-14)16(20)19-15-10-6-7-13(11-15)12-21-2/h3-11H,12,18H2,1-2H3,(H,19,20). The molecule has 2 rings (SSSR count). The molecule has 0 spiro atoms. The van der Waals surface area contributed by atoms with Gasteiger partial charge in [-0.25, -0.2) is 0 Å². The van der Waals surface area contributed by atoms with Gasteiger partial charge in [0.1, 0.15) is 5.54 Å². The van der Waals surface area contributed by atoms with Crippen LogP contribution >= 0.6 is 0 Å². The van der Waals surface area contributed by atoms with Crippen molar-refractivity contribution in [3.05, 3.63) is 65.7 Å². The number of carbonyl (C=O) groups excluding carboxylic acids is 1. The number of amides is 1. The molecule has 0 saturated carbocycles. The van der Waals surface area contributed by atoms with Gasteiger partial charge in [-0.3, -0.25) is 4.79 Å². The van der Waals surface area contributed by atoms with E-state index in [1.54, 1.807) is 14.0 Å². The molecule has 1 unspecified atom stereocenters. The lowest BCUT2D eigenvalue weighted by Gasteiger charge is -2.24. The third-order valence-corrected chi connectivity index (χ3v) is 3.34. The Morgan fingerprint density at radius 2 is 1.90 bits per heavy atom. The number of nitrogens with two attached hydrogens (primary N) is 1. The molecule has 1 atom stereocenters. The smallest absolute Gasteiger partial charge is 0.248 e. The number of benzene rings is 2. The largest absolute Gasteiger partial charge is 0.380 e. The van der Waals surface area contributed by atoms with Crippen molar-refractivity contribution in [2.45, 2.75) is 19.1 Å². The molecule has 1 amide bonds. The molecule has 2 aromatic carbocycles. The predicted octanol–water partition coefficient (Wildman–Crippen LogP) is 2.65. The number of methoxy groups -OCH3 is 1. The number of hydrogen-bond donors (Lipinski definition) is 2. The summed E-state index contributed by atoms with van der Waals surface area (Å²) < 4.78 is 5.09. The lowest BCUT2D eigenvalue weighted by molar-refractivity contribution is -0.120. The van der Waals surface area contributed by atoms with Gasteiger partial charge in [0.2, 0.25) is 5.91 Å². The average Bonchev–Trinajstić information content (AvgIpc) is 2.49. The van der Waals surface area contributed by atoms with Crippen molar-refractivity contribution < 1.29 is 9.53 Å². The van der Waals surface area contributed by atoms with Crippen molar-refractivity contribution in [1.82, 2.24) is 0 Å². The fourth-order valence-corrected chi connectivity index (χ4v) is 2.08. The van der Waals surface area contributed by atoms with E-state index >= 15 is 0 Å². The molecule has 0 bridgehead atoms. The minimum atomic E-state index is -1.08. The Hall–Kier alpha value is -2.17. The first-order valence-electron chi connectivity index (χ1n) is 6.78. The first kappa shape index (κ1) is 15.2. The van der Waals surface area contributed by atoms with Crippen LogP contribution in [-0.2, 0) is 21.7 Å². The summed E-state index contributed by atoms with van der Waals surface area (Å²) in [5.74, 6) is -0.247. The molecule has 0 saturated heterocycles. The summed E-state index contributed by atoms with van der Waals surface area (Å²) in [6, 6.07) is 16.9. The van der Waals surface area contributed by atoms with Crippen LogP contribution in [0.15, 0.2) is 54.6 Å². The van der Waals surface area contributed by atoms with Gasteiger partial charge in [-0.2, -0.15) is 0 Å². The molecule has 0 aliphatic carbocycles.